The van der Waals surface area contributed by atoms with Gasteiger partial charge in [0, 0.05) is 5.56 Å². The molecule has 0 spiro atoms. The standard InChI is InChI=1S/C17H23NO3/c1-18-15(11-16(19)20)17(21)14-9-7-13(8-10-14)12-5-3-2-4-6-12/h7-10,12,15,18H,2-6,11H2,1H3,(H,19,20). The third-order valence-corrected chi connectivity index (χ3v) is 4.32. The van der Waals surface area contributed by atoms with E-state index in [1.165, 1.54) is 37.7 Å². The zero-order valence-corrected chi connectivity index (χ0v) is 12.5. The van der Waals surface area contributed by atoms with E-state index in [-0.39, 0.29) is 12.2 Å². The molecule has 1 aromatic rings. The van der Waals surface area contributed by atoms with Gasteiger partial charge in [-0.3, -0.25) is 9.59 Å². The lowest BCUT2D eigenvalue weighted by atomic mass is 9.83. The number of Topliss-reactive ketones (excluding diaryl/α,β-unsaturated/α-hetero) is 1. The summed E-state index contributed by atoms with van der Waals surface area (Å²) in [5, 5.41) is 11.6. The van der Waals surface area contributed by atoms with Crippen molar-refractivity contribution in [1.82, 2.24) is 5.32 Å². The lowest BCUT2D eigenvalue weighted by Gasteiger charge is -2.22. The Morgan fingerprint density at radius 3 is 2.33 bits per heavy atom. The van der Waals surface area contributed by atoms with Crippen LogP contribution < -0.4 is 5.32 Å². The van der Waals surface area contributed by atoms with Gasteiger partial charge >= 0.3 is 5.97 Å². The molecule has 1 aliphatic carbocycles. The van der Waals surface area contributed by atoms with Crippen molar-refractivity contribution in [1.29, 1.82) is 0 Å². The second kappa shape index (κ2) is 7.36. The van der Waals surface area contributed by atoms with Crippen LogP contribution in [-0.4, -0.2) is 29.9 Å². The van der Waals surface area contributed by atoms with Crippen LogP contribution in [0.3, 0.4) is 0 Å². The lowest BCUT2D eigenvalue weighted by molar-refractivity contribution is -0.137. The number of rotatable bonds is 6. The van der Waals surface area contributed by atoms with Gasteiger partial charge in [-0.05, 0) is 31.4 Å². The molecule has 1 fully saturated rings. The van der Waals surface area contributed by atoms with E-state index in [1.54, 1.807) is 7.05 Å². The normalized spacial score (nSPS) is 17.4. The van der Waals surface area contributed by atoms with E-state index >= 15 is 0 Å². The highest BCUT2D eigenvalue weighted by atomic mass is 16.4. The summed E-state index contributed by atoms with van der Waals surface area (Å²) < 4.78 is 0. The fraction of sp³-hybridized carbons (Fsp3) is 0.529. The van der Waals surface area contributed by atoms with Gasteiger partial charge in [-0.2, -0.15) is 0 Å². The molecule has 21 heavy (non-hydrogen) atoms. The minimum Gasteiger partial charge on any atom is -0.481 e. The van der Waals surface area contributed by atoms with Crippen molar-refractivity contribution in [2.24, 2.45) is 0 Å². The van der Waals surface area contributed by atoms with Crippen LogP contribution in [0.4, 0.5) is 0 Å². The Bertz CT molecular complexity index is 489. The maximum atomic E-state index is 12.3. The number of hydrogen-bond acceptors (Lipinski definition) is 3. The summed E-state index contributed by atoms with van der Waals surface area (Å²) in [5.41, 5.74) is 1.88. The van der Waals surface area contributed by atoms with E-state index in [0.717, 1.165) is 0 Å². The molecule has 2 N–H and O–H groups in total. The molecule has 0 heterocycles. The Morgan fingerprint density at radius 2 is 1.81 bits per heavy atom. The zero-order chi connectivity index (χ0) is 15.2. The highest BCUT2D eigenvalue weighted by molar-refractivity contribution is 6.01. The van der Waals surface area contributed by atoms with Crippen molar-refractivity contribution in [2.75, 3.05) is 7.05 Å². The third kappa shape index (κ3) is 4.14. The van der Waals surface area contributed by atoms with Crippen molar-refractivity contribution in [3.05, 3.63) is 35.4 Å². The monoisotopic (exact) mass is 289 g/mol. The molecule has 1 unspecified atom stereocenters. The summed E-state index contributed by atoms with van der Waals surface area (Å²) in [7, 11) is 1.61. The second-order valence-corrected chi connectivity index (χ2v) is 5.76. The molecule has 0 amide bonds. The Kier molecular flexibility index (Phi) is 5.51. The number of likely N-dealkylation sites (N-methyl/N-ethyl adjacent to an activating group) is 1. The molecule has 1 aliphatic rings. The van der Waals surface area contributed by atoms with E-state index < -0.39 is 12.0 Å². The third-order valence-electron chi connectivity index (χ3n) is 4.32. The molecule has 114 valence electrons. The van der Waals surface area contributed by atoms with Gasteiger partial charge in [0.2, 0.25) is 0 Å². The summed E-state index contributed by atoms with van der Waals surface area (Å²) in [6, 6.07) is 7.05. The highest BCUT2D eigenvalue weighted by Gasteiger charge is 2.22. The Morgan fingerprint density at radius 1 is 1.19 bits per heavy atom. The van der Waals surface area contributed by atoms with Crippen LogP contribution in [0.5, 0.6) is 0 Å². The van der Waals surface area contributed by atoms with E-state index in [2.05, 4.69) is 5.32 Å². The van der Waals surface area contributed by atoms with Gasteiger partial charge < -0.3 is 10.4 Å². The molecule has 0 saturated heterocycles. The summed E-state index contributed by atoms with van der Waals surface area (Å²) in [4.78, 5) is 23.0. The van der Waals surface area contributed by atoms with Gasteiger partial charge in [-0.15, -0.1) is 0 Å². The van der Waals surface area contributed by atoms with E-state index in [4.69, 9.17) is 5.11 Å². The van der Waals surface area contributed by atoms with Crippen molar-refractivity contribution >= 4 is 11.8 Å². The van der Waals surface area contributed by atoms with Crippen LogP contribution in [0, 0.1) is 0 Å². The van der Waals surface area contributed by atoms with E-state index in [9.17, 15) is 9.59 Å². The van der Waals surface area contributed by atoms with Crippen molar-refractivity contribution < 1.29 is 14.7 Å². The number of benzene rings is 1. The Balaban J connectivity index is 2.06. The van der Waals surface area contributed by atoms with Gasteiger partial charge in [-0.25, -0.2) is 0 Å². The first-order valence-electron chi connectivity index (χ1n) is 7.65. The Hall–Kier alpha value is -1.68. The largest absolute Gasteiger partial charge is 0.481 e. The summed E-state index contributed by atoms with van der Waals surface area (Å²) in [6.07, 6.45) is 6.15. The fourth-order valence-electron chi connectivity index (χ4n) is 3.06. The highest BCUT2D eigenvalue weighted by Crippen LogP contribution is 2.32. The average molecular weight is 289 g/mol. The Labute approximate surface area is 125 Å². The molecule has 1 atom stereocenters. The predicted octanol–water partition coefficient (Wildman–Crippen LogP) is 2.98. The number of carbonyl (C=O) groups excluding carboxylic acids is 1. The molecule has 2 rings (SSSR count). The zero-order valence-electron chi connectivity index (χ0n) is 12.5. The summed E-state index contributed by atoms with van der Waals surface area (Å²) >= 11 is 0. The quantitative estimate of drug-likeness (QED) is 0.790. The molecule has 0 radical (unpaired) electrons. The fourth-order valence-corrected chi connectivity index (χ4v) is 3.06. The molecular weight excluding hydrogens is 266 g/mol. The number of carboxylic acids is 1. The molecule has 1 saturated carbocycles. The van der Waals surface area contributed by atoms with Gasteiger partial charge in [0.05, 0.1) is 12.5 Å². The van der Waals surface area contributed by atoms with Crippen LogP contribution >= 0.6 is 0 Å². The van der Waals surface area contributed by atoms with Gasteiger partial charge in [0.25, 0.3) is 0 Å². The first-order chi connectivity index (χ1) is 10.1. The van der Waals surface area contributed by atoms with Crippen molar-refractivity contribution in [2.45, 2.75) is 50.5 Å². The van der Waals surface area contributed by atoms with Gasteiger partial charge in [0.1, 0.15) is 0 Å². The minimum absolute atomic E-state index is 0.157. The first-order valence-corrected chi connectivity index (χ1v) is 7.65. The topological polar surface area (TPSA) is 66.4 Å². The molecule has 0 aliphatic heterocycles. The molecule has 1 aromatic carbocycles. The number of hydrogen-bond donors (Lipinski definition) is 2. The second-order valence-electron chi connectivity index (χ2n) is 5.76. The van der Waals surface area contributed by atoms with Gasteiger partial charge in [0.15, 0.2) is 5.78 Å². The summed E-state index contributed by atoms with van der Waals surface area (Å²) in [5.74, 6) is -0.515. The molecule has 0 aromatic heterocycles. The van der Waals surface area contributed by atoms with Gasteiger partial charge in [-0.1, -0.05) is 43.5 Å². The van der Waals surface area contributed by atoms with Crippen LogP contribution in [0.1, 0.15) is 60.4 Å². The number of nitrogens with one attached hydrogen (secondary N) is 1. The molecule has 4 heteroatoms. The molecule has 0 bridgehead atoms. The SMILES string of the molecule is CNC(CC(=O)O)C(=O)c1ccc(C2CCCCC2)cc1. The van der Waals surface area contributed by atoms with E-state index in [0.29, 0.717) is 11.5 Å². The van der Waals surface area contributed by atoms with Crippen LogP contribution in [-0.2, 0) is 4.79 Å². The number of carboxylic acid groups (broad SMARTS) is 1. The van der Waals surface area contributed by atoms with Crippen molar-refractivity contribution in [3.63, 3.8) is 0 Å². The maximum absolute atomic E-state index is 12.3. The lowest BCUT2D eigenvalue weighted by Crippen LogP contribution is -2.36. The minimum atomic E-state index is -0.971. The predicted molar refractivity (Wildman–Crippen MR) is 81.7 cm³/mol. The van der Waals surface area contributed by atoms with Crippen LogP contribution in [0.2, 0.25) is 0 Å². The average Bonchev–Trinajstić information content (AvgIpc) is 2.53. The van der Waals surface area contributed by atoms with Crippen LogP contribution in [0.25, 0.3) is 0 Å². The molecular formula is C17H23NO3. The van der Waals surface area contributed by atoms with Crippen LogP contribution in [0.15, 0.2) is 24.3 Å². The number of carbonyl (C=O) groups is 2. The van der Waals surface area contributed by atoms with Crippen molar-refractivity contribution in [3.8, 4) is 0 Å². The maximum Gasteiger partial charge on any atom is 0.305 e. The smallest absolute Gasteiger partial charge is 0.305 e. The van der Waals surface area contributed by atoms with E-state index in [1.807, 2.05) is 24.3 Å². The number of aliphatic carboxylic acids is 1. The number of ketones is 1. The molecule has 4 nitrogen and oxygen atoms in total. The summed E-state index contributed by atoms with van der Waals surface area (Å²) in [6.45, 7) is 0. The first kappa shape index (κ1) is 15.7.